The first kappa shape index (κ1) is 23.5. The molecule has 1 fully saturated rings. The molecule has 27 heavy (non-hydrogen) atoms. The molecule has 7 nitrogen and oxygen atoms in total. The van der Waals surface area contributed by atoms with Gasteiger partial charge < -0.3 is 15.4 Å². The summed E-state index contributed by atoms with van der Waals surface area (Å²) in [5.41, 5.74) is 5.76. The van der Waals surface area contributed by atoms with Gasteiger partial charge in [0.1, 0.15) is 5.75 Å². The van der Waals surface area contributed by atoms with Gasteiger partial charge in [-0.2, -0.15) is 0 Å². The van der Waals surface area contributed by atoms with Crippen LogP contribution >= 0.6 is 12.4 Å². The Hall–Kier alpha value is -1.56. The summed E-state index contributed by atoms with van der Waals surface area (Å²) in [5, 5.41) is 0. The van der Waals surface area contributed by atoms with Crippen molar-refractivity contribution in [3.05, 3.63) is 24.3 Å². The van der Waals surface area contributed by atoms with E-state index >= 15 is 0 Å². The molecule has 0 atom stereocenters. The van der Waals surface area contributed by atoms with Crippen LogP contribution < -0.4 is 15.2 Å². The number of halogens is 4. The summed E-state index contributed by atoms with van der Waals surface area (Å²) < 4.78 is 66.5. The number of ether oxygens (including phenoxy) is 1. The summed E-state index contributed by atoms with van der Waals surface area (Å²) in [5.74, 6) is -0.691. The highest BCUT2D eigenvalue weighted by atomic mass is 35.5. The van der Waals surface area contributed by atoms with Crippen LogP contribution in [0, 0.1) is 0 Å². The minimum absolute atomic E-state index is 0. The van der Waals surface area contributed by atoms with E-state index < -0.39 is 22.1 Å². The van der Waals surface area contributed by atoms with Gasteiger partial charge in [0, 0.05) is 32.1 Å². The van der Waals surface area contributed by atoms with Gasteiger partial charge in [-0.3, -0.25) is 4.79 Å². The maximum absolute atomic E-state index is 12.1. The molecule has 3 N–H and O–H groups in total. The van der Waals surface area contributed by atoms with Gasteiger partial charge in [0.2, 0.25) is 15.9 Å². The normalized spacial score (nSPS) is 15.9. The number of sulfonamides is 1. The van der Waals surface area contributed by atoms with E-state index in [1.165, 1.54) is 0 Å². The highest BCUT2D eigenvalue weighted by Gasteiger charge is 2.31. The van der Waals surface area contributed by atoms with Crippen molar-refractivity contribution in [3.8, 4) is 5.75 Å². The third-order valence-corrected chi connectivity index (χ3v) is 5.37. The number of nitrogens with one attached hydrogen (secondary N) is 1. The lowest BCUT2D eigenvalue weighted by Gasteiger charge is -2.30. The van der Waals surface area contributed by atoms with Gasteiger partial charge in [0.05, 0.1) is 4.90 Å². The predicted molar refractivity (Wildman–Crippen MR) is 94.0 cm³/mol. The van der Waals surface area contributed by atoms with Gasteiger partial charge in [0.25, 0.3) is 0 Å². The number of hydrogen-bond acceptors (Lipinski definition) is 5. The maximum atomic E-state index is 12.1. The first-order valence-corrected chi connectivity index (χ1v) is 9.44. The van der Waals surface area contributed by atoms with Crippen LogP contribution in [-0.4, -0.2) is 51.3 Å². The Kier molecular flexibility index (Phi) is 8.33. The van der Waals surface area contributed by atoms with E-state index in [1.807, 2.05) is 0 Å². The number of amides is 1. The minimum atomic E-state index is -4.85. The van der Waals surface area contributed by atoms with Crippen LogP contribution in [-0.2, 0) is 14.8 Å². The van der Waals surface area contributed by atoms with Crippen LogP contribution in [0.3, 0.4) is 0 Å². The third kappa shape index (κ3) is 7.53. The SMILES string of the molecule is Cl.NC1CCN(C(=O)CCNS(=O)(=O)c2ccc(OC(F)(F)F)cc2)CC1. The average molecular weight is 432 g/mol. The second-order valence-electron chi connectivity index (χ2n) is 5.89. The Bertz CT molecular complexity index is 721. The van der Waals surface area contributed by atoms with Crippen molar-refractivity contribution in [2.45, 2.75) is 36.6 Å². The first-order valence-electron chi connectivity index (χ1n) is 7.96. The van der Waals surface area contributed by atoms with Crippen molar-refractivity contribution in [2.24, 2.45) is 5.73 Å². The quantitative estimate of drug-likeness (QED) is 0.712. The zero-order valence-corrected chi connectivity index (χ0v) is 15.9. The molecule has 12 heteroatoms. The molecular weight excluding hydrogens is 411 g/mol. The van der Waals surface area contributed by atoms with Crippen LogP contribution in [0.4, 0.5) is 13.2 Å². The molecule has 0 aromatic heterocycles. The van der Waals surface area contributed by atoms with Crippen LogP contribution in [0.1, 0.15) is 19.3 Å². The van der Waals surface area contributed by atoms with Gasteiger partial charge in [-0.15, -0.1) is 25.6 Å². The zero-order chi connectivity index (χ0) is 19.4. The van der Waals surface area contributed by atoms with Crippen molar-refractivity contribution in [2.75, 3.05) is 19.6 Å². The highest BCUT2D eigenvalue weighted by molar-refractivity contribution is 7.89. The predicted octanol–water partition coefficient (Wildman–Crippen LogP) is 1.63. The number of carbonyl (C=O) groups is 1. The second-order valence-corrected chi connectivity index (χ2v) is 7.65. The highest BCUT2D eigenvalue weighted by Crippen LogP contribution is 2.23. The van der Waals surface area contributed by atoms with Gasteiger partial charge in [-0.25, -0.2) is 13.1 Å². The minimum Gasteiger partial charge on any atom is -0.406 e. The number of benzene rings is 1. The summed E-state index contributed by atoms with van der Waals surface area (Å²) in [6.45, 7) is 0.991. The fourth-order valence-corrected chi connectivity index (χ4v) is 3.53. The third-order valence-electron chi connectivity index (χ3n) is 3.89. The van der Waals surface area contributed by atoms with E-state index in [0.29, 0.717) is 25.9 Å². The molecule has 0 radical (unpaired) electrons. The molecule has 1 aliphatic rings. The number of nitrogens with two attached hydrogens (primary N) is 1. The number of carbonyl (C=O) groups excluding carboxylic acids is 1. The van der Waals surface area contributed by atoms with Crippen LogP contribution in [0.25, 0.3) is 0 Å². The van der Waals surface area contributed by atoms with Crippen molar-refractivity contribution >= 4 is 28.3 Å². The fraction of sp³-hybridized carbons (Fsp3) is 0.533. The lowest BCUT2D eigenvalue weighted by atomic mass is 10.1. The molecule has 1 amide bonds. The molecule has 1 heterocycles. The Morgan fingerprint density at radius 3 is 2.30 bits per heavy atom. The van der Waals surface area contributed by atoms with Gasteiger partial charge in [-0.05, 0) is 37.1 Å². The van der Waals surface area contributed by atoms with Crippen molar-refractivity contribution in [1.29, 1.82) is 0 Å². The van der Waals surface area contributed by atoms with Gasteiger partial charge in [0.15, 0.2) is 0 Å². The Morgan fingerprint density at radius 2 is 1.78 bits per heavy atom. The average Bonchev–Trinajstić information content (AvgIpc) is 2.54. The van der Waals surface area contributed by atoms with Crippen LogP contribution in [0.15, 0.2) is 29.2 Å². The van der Waals surface area contributed by atoms with E-state index in [0.717, 1.165) is 24.3 Å². The smallest absolute Gasteiger partial charge is 0.406 e. The zero-order valence-electron chi connectivity index (χ0n) is 14.2. The van der Waals surface area contributed by atoms with Crippen LogP contribution in [0.5, 0.6) is 5.75 Å². The number of alkyl halides is 3. The standard InChI is InChI=1S/C15H20F3N3O4S.ClH/c16-15(17,18)25-12-1-3-13(4-2-12)26(23,24)20-8-5-14(22)21-9-6-11(19)7-10-21;/h1-4,11,20H,5-10,19H2;1H. The molecule has 1 saturated heterocycles. The van der Waals surface area contributed by atoms with E-state index in [4.69, 9.17) is 5.73 Å². The summed E-state index contributed by atoms with van der Waals surface area (Å²) in [6, 6.07) is 3.89. The molecule has 0 saturated carbocycles. The number of nitrogens with zero attached hydrogens (tertiary/aromatic N) is 1. The summed E-state index contributed by atoms with van der Waals surface area (Å²) >= 11 is 0. The number of rotatable bonds is 6. The molecule has 2 rings (SSSR count). The molecule has 0 aliphatic carbocycles. The van der Waals surface area contributed by atoms with Crippen molar-refractivity contribution in [3.63, 3.8) is 0 Å². The summed E-state index contributed by atoms with van der Waals surface area (Å²) in [7, 11) is -3.93. The van der Waals surface area contributed by atoms with Crippen LogP contribution in [0.2, 0.25) is 0 Å². The fourth-order valence-electron chi connectivity index (χ4n) is 2.50. The first-order chi connectivity index (χ1) is 12.1. The monoisotopic (exact) mass is 431 g/mol. The van der Waals surface area contributed by atoms with E-state index in [-0.39, 0.29) is 42.2 Å². The molecular formula is C15H21ClF3N3O4S. The molecule has 0 unspecified atom stereocenters. The van der Waals surface area contributed by atoms with E-state index in [1.54, 1.807) is 4.90 Å². The van der Waals surface area contributed by atoms with E-state index in [2.05, 4.69) is 9.46 Å². The number of piperidine rings is 1. The summed E-state index contributed by atoms with van der Waals surface area (Å²) in [6.07, 6.45) is -3.44. The van der Waals surface area contributed by atoms with Crippen molar-refractivity contribution in [1.82, 2.24) is 9.62 Å². The maximum Gasteiger partial charge on any atom is 0.573 e. The molecule has 154 valence electrons. The molecule has 1 aromatic carbocycles. The summed E-state index contributed by atoms with van der Waals surface area (Å²) in [4.78, 5) is 13.5. The second kappa shape index (κ2) is 9.58. The molecule has 1 aliphatic heterocycles. The molecule has 1 aromatic rings. The Morgan fingerprint density at radius 1 is 1.22 bits per heavy atom. The van der Waals surface area contributed by atoms with Crippen molar-refractivity contribution < 1.29 is 31.1 Å². The Labute approximate surface area is 161 Å². The van der Waals surface area contributed by atoms with Gasteiger partial charge in [-0.1, -0.05) is 0 Å². The number of likely N-dealkylation sites (tertiary alicyclic amines) is 1. The topological polar surface area (TPSA) is 102 Å². The molecule has 0 spiro atoms. The van der Waals surface area contributed by atoms with E-state index in [9.17, 15) is 26.4 Å². The Balaban J connectivity index is 0.00000364. The lowest BCUT2D eigenvalue weighted by molar-refractivity contribution is -0.274. The molecule has 0 bridgehead atoms. The van der Waals surface area contributed by atoms with Gasteiger partial charge >= 0.3 is 6.36 Å². The lowest BCUT2D eigenvalue weighted by Crippen LogP contribution is -2.43. The largest absolute Gasteiger partial charge is 0.573 e. The number of hydrogen-bond donors (Lipinski definition) is 2.